The van der Waals surface area contributed by atoms with Crippen LogP contribution in [0.15, 0.2) is 0 Å². The van der Waals surface area contributed by atoms with Gasteiger partial charge >= 0.3 is 21.5 Å². The first-order valence-electron chi connectivity index (χ1n) is 8.37. The van der Waals surface area contributed by atoms with Crippen molar-refractivity contribution >= 4 is 21.8 Å². The second kappa shape index (κ2) is 7.46. The van der Waals surface area contributed by atoms with Gasteiger partial charge in [-0.1, -0.05) is 13.8 Å². The predicted octanol–water partition coefficient (Wildman–Crippen LogP) is 2.92. The fourth-order valence-electron chi connectivity index (χ4n) is 2.88. The van der Waals surface area contributed by atoms with Crippen LogP contribution in [-0.2, 0) is 24.3 Å². The maximum Gasteiger partial charge on any atom is 0.511 e. The van der Waals surface area contributed by atoms with Gasteiger partial charge in [0.15, 0.2) is 0 Å². The van der Waals surface area contributed by atoms with Crippen molar-refractivity contribution < 1.29 is 35.9 Å². The van der Waals surface area contributed by atoms with Crippen molar-refractivity contribution in [1.82, 2.24) is 4.72 Å². The number of carbonyl (C=O) groups excluding carboxylic acids is 2. The summed E-state index contributed by atoms with van der Waals surface area (Å²) in [7, 11) is -5.60. The second-order valence-corrected chi connectivity index (χ2v) is 9.69. The van der Waals surface area contributed by atoms with Crippen molar-refractivity contribution in [3.05, 3.63) is 0 Å². The minimum absolute atomic E-state index is 0.107. The zero-order chi connectivity index (χ0) is 20.6. The molecule has 1 aliphatic carbocycles. The van der Waals surface area contributed by atoms with Crippen molar-refractivity contribution in [2.45, 2.75) is 77.5 Å². The normalized spacial score (nSPS) is 23.3. The lowest BCUT2D eigenvalue weighted by Gasteiger charge is -2.34. The molecule has 0 aromatic carbocycles. The van der Waals surface area contributed by atoms with Gasteiger partial charge in [-0.3, -0.25) is 9.59 Å². The van der Waals surface area contributed by atoms with Gasteiger partial charge in [0.2, 0.25) is 0 Å². The molecule has 1 fully saturated rings. The van der Waals surface area contributed by atoms with Crippen molar-refractivity contribution in [3.63, 3.8) is 0 Å². The molecule has 1 rings (SSSR count). The monoisotopic (exact) mass is 401 g/mol. The van der Waals surface area contributed by atoms with Gasteiger partial charge in [-0.25, -0.2) is 13.1 Å². The molecule has 1 aliphatic rings. The van der Waals surface area contributed by atoms with Crippen molar-refractivity contribution in [3.8, 4) is 0 Å². The van der Waals surface area contributed by atoms with Gasteiger partial charge in [-0.15, -0.1) is 0 Å². The highest BCUT2D eigenvalue weighted by Crippen LogP contribution is 2.42. The summed E-state index contributed by atoms with van der Waals surface area (Å²) in [6.07, 6.45) is 0.260. The van der Waals surface area contributed by atoms with Gasteiger partial charge in [-0.05, 0) is 46.0 Å². The Morgan fingerprint density at radius 3 is 2.15 bits per heavy atom. The number of ketones is 1. The Bertz CT molecular complexity index is 652. The number of sulfonamides is 1. The van der Waals surface area contributed by atoms with E-state index in [1.807, 2.05) is 0 Å². The Kier molecular flexibility index (Phi) is 6.56. The van der Waals surface area contributed by atoms with Gasteiger partial charge in [-0.2, -0.15) is 13.2 Å². The molecule has 152 valence electrons. The van der Waals surface area contributed by atoms with E-state index >= 15 is 0 Å². The number of ether oxygens (including phenoxy) is 1. The Morgan fingerprint density at radius 1 is 1.27 bits per heavy atom. The molecule has 2 atom stereocenters. The number of hydrogen-bond acceptors (Lipinski definition) is 5. The molecule has 0 unspecified atom stereocenters. The lowest BCUT2D eigenvalue weighted by Crippen LogP contribution is -2.50. The molecule has 10 heteroatoms. The van der Waals surface area contributed by atoms with Crippen molar-refractivity contribution in [2.75, 3.05) is 0 Å². The SMILES string of the molecule is CC(C)[C@@H](C[C@@]1(C(=O)OC(C)(C)C)CCCC1=O)NS(=O)(=O)C(F)(F)F. The zero-order valence-electron chi connectivity index (χ0n) is 15.6. The van der Waals surface area contributed by atoms with Gasteiger partial charge in [0.25, 0.3) is 0 Å². The van der Waals surface area contributed by atoms with Crippen LogP contribution in [0.3, 0.4) is 0 Å². The van der Waals surface area contributed by atoms with E-state index in [-0.39, 0.29) is 19.3 Å². The first-order chi connectivity index (χ1) is 11.5. The summed E-state index contributed by atoms with van der Waals surface area (Å²) >= 11 is 0. The fourth-order valence-corrected chi connectivity index (χ4v) is 3.76. The van der Waals surface area contributed by atoms with E-state index in [4.69, 9.17) is 4.74 Å². The summed E-state index contributed by atoms with van der Waals surface area (Å²) in [5, 5.41) is 0. The maximum absolute atomic E-state index is 12.7. The third kappa shape index (κ3) is 5.18. The Morgan fingerprint density at radius 2 is 1.81 bits per heavy atom. The van der Waals surface area contributed by atoms with Crippen LogP contribution in [0.5, 0.6) is 0 Å². The summed E-state index contributed by atoms with van der Waals surface area (Å²) in [6, 6.07) is -1.24. The lowest BCUT2D eigenvalue weighted by molar-refractivity contribution is -0.170. The molecule has 0 aromatic heterocycles. The quantitative estimate of drug-likeness (QED) is 0.546. The second-order valence-electron chi connectivity index (χ2n) is 7.98. The predicted molar refractivity (Wildman–Crippen MR) is 88.5 cm³/mol. The molecular formula is C16H26F3NO5S. The number of carbonyl (C=O) groups is 2. The first kappa shape index (κ1) is 22.9. The number of Topliss-reactive ketones (excluding diaryl/α,β-unsaturated/α-hetero) is 1. The van der Waals surface area contributed by atoms with Crippen LogP contribution < -0.4 is 4.72 Å². The standard InChI is InChI=1S/C16H26F3NO5S/c1-10(2)11(20-26(23,24)16(17,18)19)9-15(8-6-7-12(15)21)13(22)25-14(3,4)5/h10-11,20H,6-9H2,1-5H3/t11-,15+/m1/s1. The van der Waals surface area contributed by atoms with E-state index in [1.54, 1.807) is 25.5 Å². The van der Waals surface area contributed by atoms with Crippen molar-refractivity contribution in [2.24, 2.45) is 11.3 Å². The minimum Gasteiger partial charge on any atom is -0.459 e. The number of halogens is 3. The Balaban J connectivity index is 3.19. The largest absolute Gasteiger partial charge is 0.511 e. The molecule has 6 nitrogen and oxygen atoms in total. The summed E-state index contributed by atoms with van der Waals surface area (Å²) < 4.78 is 68.0. The molecule has 0 spiro atoms. The molecular weight excluding hydrogens is 375 g/mol. The van der Waals surface area contributed by atoms with Crippen LogP contribution in [0.1, 0.15) is 60.3 Å². The summed E-state index contributed by atoms with van der Waals surface area (Å²) in [5.41, 5.74) is -7.99. The highest BCUT2D eigenvalue weighted by atomic mass is 32.2. The number of nitrogens with one attached hydrogen (secondary N) is 1. The van der Waals surface area contributed by atoms with E-state index in [0.29, 0.717) is 6.42 Å². The van der Waals surface area contributed by atoms with E-state index in [1.165, 1.54) is 13.8 Å². The molecule has 1 N–H and O–H groups in total. The first-order valence-corrected chi connectivity index (χ1v) is 9.85. The van der Waals surface area contributed by atoms with Crippen LogP contribution in [-0.4, -0.2) is 37.3 Å². The molecule has 0 amide bonds. The van der Waals surface area contributed by atoms with Crippen LogP contribution >= 0.6 is 0 Å². The average Bonchev–Trinajstić information content (AvgIpc) is 2.76. The van der Waals surface area contributed by atoms with Gasteiger partial charge < -0.3 is 4.74 Å². The lowest BCUT2D eigenvalue weighted by atomic mass is 9.77. The van der Waals surface area contributed by atoms with E-state index in [0.717, 1.165) is 0 Å². The Hall–Kier alpha value is -1.16. The smallest absolute Gasteiger partial charge is 0.459 e. The minimum atomic E-state index is -5.60. The summed E-state index contributed by atoms with van der Waals surface area (Å²) in [4.78, 5) is 25.1. The van der Waals surface area contributed by atoms with Crippen LogP contribution in [0.25, 0.3) is 0 Å². The summed E-state index contributed by atoms with van der Waals surface area (Å²) in [6.45, 7) is 7.89. The van der Waals surface area contributed by atoms with Gasteiger partial charge in [0, 0.05) is 12.5 Å². The highest BCUT2D eigenvalue weighted by Gasteiger charge is 2.54. The average molecular weight is 401 g/mol. The van der Waals surface area contributed by atoms with Gasteiger partial charge in [0.05, 0.1) is 0 Å². The molecule has 0 aliphatic heterocycles. The van der Waals surface area contributed by atoms with Gasteiger partial charge in [0.1, 0.15) is 16.8 Å². The third-order valence-electron chi connectivity index (χ3n) is 4.32. The molecule has 0 aromatic rings. The molecule has 1 saturated carbocycles. The molecule has 0 heterocycles. The maximum atomic E-state index is 12.7. The van der Waals surface area contributed by atoms with E-state index in [2.05, 4.69) is 0 Å². The zero-order valence-corrected chi connectivity index (χ0v) is 16.4. The number of hydrogen-bond donors (Lipinski definition) is 1. The van der Waals surface area contributed by atoms with Crippen LogP contribution in [0.4, 0.5) is 13.2 Å². The Labute approximate surface area is 151 Å². The van der Waals surface area contributed by atoms with Crippen LogP contribution in [0, 0.1) is 11.3 Å². The number of alkyl halides is 3. The molecule has 0 radical (unpaired) electrons. The highest BCUT2D eigenvalue weighted by molar-refractivity contribution is 7.90. The number of rotatable bonds is 6. The summed E-state index contributed by atoms with van der Waals surface area (Å²) in [5.74, 6) is -1.81. The molecule has 0 saturated heterocycles. The van der Waals surface area contributed by atoms with Crippen molar-refractivity contribution in [1.29, 1.82) is 0 Å². The molecule has 26 heavy (non-hydrogen) atoms. The third-order valence-corrected chi connectivity index (χ3v) is 5.54. The molecule has 0 bridgehead atoms. The van der Waals surface area contributed by atoms with Crippen LogP contribution in [0.2, 0.25) is 0 Å². The fraction of sp³-hybridized carbons (Fsp3) is 0.875. The van der Waals surface area contributed by atoms with E-state index in [9.17, 15) is 31.2 Å². The van der Waals surface area contributed by atoms with E-state index < -0.39 is 50.3 Å². The topological polar surface area (TPSA) is 89.5 Å². The number of esters is 1.